The smallest absolute Gasteiger partial charge is 0.194 e. The quantitative estimate of drug-likeness (QED) is 0.168. The van der Waals surface area contributed by atoms with Gasteiger partial charge < -0.3 is 9.47 Å². The molecule has 0 fully saturated rings. The Morgan fingerprint density at radius 2 is 1.27 bits per heavy atom. The molecule has 2 aromatic rings. The molecule has 0 aliphatic rings. The fourth-order valence-corrected chi connectivity index (χ4v) is 3.91. The number of ether oxygens (including phenoxy) is 2. The van der Waals surface area contributed by atoms with E-state index in [1.165, 1.54) is 49.7 Å². The zero-order valence-electron chi connectivity index (χ0n) is 19.2. The van der Waals surface area contributed by atoms with Crippen LogP contribution in [0.2, 0.25) is 0 Å². The van der Waals surface area contributed by atoms with Gasteiger partial charge in [0.05, 0.1) is 0 Å². The first-order valence-electron chi connectivity index (χ1n) is 11.9. The highest BCUT2D eigenvalue weighted by atomic mass is 16.7. The van der Waals surface area contributed by atoms with Crippen LogP contribution in [0.1, 0.15) is 88.8 Å². The standard InChI is InChI=1S/C28H40O2/c1-4-7-8-9-10-11-15-23-28(29-5-2,30-6-3)27-20-16-19-26(24-27)22-21-25-17-13-12-14-18-25/h12-14,16-22,24H,4-11,15,23H2,1-3H3. The van der Waals surface area contributed by atoms with Gasteiger partial charge in [0, 0.05) is 25.2 Å². The van der Waals surface area contributed by atoms with Gasteiger partial charge in [-0.1, -0.05) is 106 Å². The third-order valence-electron chi connectivity index (χ3n) is 5.46. The Hall–Kier alpha value is -1.90. The second-order valence-corrected chi connectivity index (χ2v) is 7.86. The van der Waals surface area contributed by atoms with Gasteiger partial charge in [0.1, 0.15) is 0 Å². The topological polar surface area (TPSA) is 18.5 Å². The molecule has 30 heavy (non-hydrogen) atoms. The lowest BCUT2D eigenvalue weighted by Crippen LogP contribution is -2.33. The summed E-state index contributed by atoms with van der Waals surface area (Å²) < 4.78 is 12.5. The largest absolute Gasteiger partial charge is 0.346 e. The van der Waals surface area contributed by atoms with E-state index in [9.17, 15) is 0 Å². The second kappa shape index (κ2) is 14.2. The molecular weight excluding hydrogens is 368 g/mol. The summed E-state index contributed by atoms with van der Waals surface area (Å²) in [5, 5.41) is 0. The number of rotatable bonds is 15. The van der Waals surface area contributed by atoms with E-state index >= 15 is 0 Å². The minimum Gasteiger partial charge on any atom is -0.346 e. The van der Waals surface area contributed by atoms with E-state index in [0.717, 1.165) is 18.4 Å². The SMILES string of the molecule is CCCCCCCCCC(OCC)(OCC)c1cccc(C=Cc2ccccc2)c1. The number of hydrogen-bond acceptors (Lipinski definition) is 2. The number of hydrogen-bond donors (Lipinski definition) is 0. The van der Waals surface area contributed by atoms with Crippen molar-refractivity contribution >= 4 is 12.2 Å². The van der Waals surface area contributed by atoms with Gasteiger partial charge in [-0.3, -0.25) is 0 Å². The van der Waals surface area contributed by atoms with E-state index < -0.39 is 5.79 Å². The van der Waals surface area contributed by atoms with Crippen LogP contribution < -0.4 is 0 Å². The molecule has 0 unspecified atom stereocenters. The van der Waals surface area contributed by atoms with E-state index in [-0.39, 0.29) is 0 Å². The second-order valence-electron chi connectivity index (χ2n) is 7.86. The molecule has 2 nitrogen and oxygen atoms in total. The lowest BCUT2D eigenvalue weighted by atomic mass is 9.96. The zero-order chi connectivity index (χ0) is 21.5. The molecule has 164 valence electrons. The van der Waals surface area contributed by atoms with Crippen molar-refractivity contribution in [2.75, 3.05) is 13.2 Å². The highest BCUT2D eigenvalue weighted by Crippen LogP contribution is 2.34. The van der Waals surface area contributed by atoms with Crippen molar-refractivity contribution in [3.05, 3.63) is 71.3 Å². The first kappa shape index (κ1) is 24.4. The van der Waals surface area contributed by atoms with Crippen molar-refractivity contribution in [1.29, 1.82) is 0 Å². The minimum absolute atomic E-state index is 0.639. The minimum atomic E-state index is -0.649. The molecule has 0 N–H and O–H groups in total. The van der Waals surface area contributed by atoms with Crippen LogP contribution >= 0.6 is 0 Å². The van der Waals surface area contributed by atoms with Gasteiger partial charge in [-0.25, -0.2) is 0 Å². The highest BCUT2D eigenvalue weighted by Gasteiger charge is 2.33. The summed E-state index contributed by atoms with van der Waals surface area (Å²) in [5.74, 6) is -0.649. The van der Waals surface area contributed by atoms with E-state index in [2.05, 4.69) is 81.5 Å². The lowest BCUT2D eigenvalue weighted by molar-refractivity contribution is -0.247. The molecule has 0 heterocycles. The molecule has 0 bridgehead atoms. The van der Waals surface area contributed by atoms with Crippen LogP contribution in [-0.4, -0.2) is 13.2 Å². The predicted molar refractivity (Wildman–Crippen MR) is 129 cm³/mol. The molecule has 0 saturated carbocycles. The molecule has 0 aromatic heterocycles. The Kier molecular flexibility index (Phi) is 11.5. The average Bonchev–Trinajstić information content (AvgIpc) is 2.78. The van der Waals surface area contributed by atoms with Crippen molar-refractivity contribution in [3.63, 3.8) is 0 Å². The van der Waals surface area contributed by atoms with E-state index in [0.29, 0.717) is 13.2 Å². The third kappa shape index (κ3) is 8.08. The molecule has 0 amide bonds. The Balaban J connectivity index is 2.10. The maximum Gasteiger partial charge on any atom is 0.194 e. The van der Waals surface area contributed by atoms with Crippen LogP contribution in [0.25, 0.3) is 12.2 Å². The molecule has 2 rings (SSSR count). The predicted octanol–water partition coefficient (Wildman–Crippen LogP) is 8.22. The van der Waals surface area contributed by atoms with Gasteiger partial charge in [0.25, 0.3) is 0 Å². The van der Waals surface area contributed by atoms with E-state index in [4.69, 9.17) is 9.47 Å². The summed E-state index contributed by atoms with van der Waals surface area (Å²) in [6.07, 6.45) is 14.2. The van der Waals surface area contributed by atoms with Gasteiger partial charge in [-0.15, -0.1) is 0 Å². The van der Waals surface area contributed by atoms with Crippen molar-refractivity contribution in [3.8, 4) is 0 Å². The number of unbranched alkanes of at least 4 members (excludes halogenated alkanes) is 6. The van der Waals surface area contributed by atoms with Gasteiger partial charge in [-0.2, -0.15) is 0 Å². The first-order valence-corrected chi connectivity index (χ1v) is 11.9. The van der Waals surface area contributed by atoms with Gasteiger partial charge in [-0.05, 0) is 37.5 Å². The van der Waals surface area contributed by atoms with Crippen LogP contribution in [0, 0.1) is 0 Å². The van der Waals surface area contributed by atoms with Crippen LogP contribution in [0.5, 0.6) is 0 Å². The van der Waals surface area contributed by atoms with Crippen molar-refractivity contribution in [2.24, 2.45) is 0 Å². The Labute approximate surface area is 184 Å². The average molecular weight is 409 g/mol. The summed E-state index contributed by atoms with van der Waals surface area (Å²) in [6, 6.07) is 19.0. The number of benzene rings is 2. The van der Waals surface area contributed by atoms with Crippen LogP contribution in [0.3, 0.4) is 0 Å². The lowest BCUT2D eigenvalue weighted by Gasteiger charge is -2.34. The fourth-order valence-electron chi connectivity index (χ4n) is 3.91. The Morgan fingerprint density at radius 1 is 0.667 bits per heavy atom. The highest BCUT2D eigenvalue weighted by molar-refractivity contribution is 5.69. The molecule has 0 atom stereocenters. The third-order valence-corrected chi connectivity index (χ3v) is 5.46. The van der Waals surface area contributed by atoms with Crippen LogP contribution in [-0.2, 0) is 15.3 Å². The first-order chi connectivity index (χ1) is 14.7. The van der Waals surface area contributed by atoms with Crippen LogP contribution in [0.4, 0.5) is 0 Å². The molecule has 0 aliphatic carbocycles. The molecule has 2 heteroatoms. The fraction of sp³-hybridized carbons (Fsp3) is 0.500. The van der Waals surface area contributed by atoms with Gasteiger partial charge >= 0.3 is 0 Å². The summed E-state index contributed by atoms with van der Waals surface area (Å²) >= 11 is 0. The summed E-state index contributed by atoms with van der Waals surface area (Å²) in [5.41, 5.74) is 3.49. The summed E-state index contributed by atoms with van der Waals surface area (Å²) in [4.78, 5) is 0. The van der Waals surface area contributed by atoms with Crippen molar-refractivity contribution in [2.45, 2.75) is 77.9 Å². The van der Waals surface area contributed by atoms with E-state index in [1.54, 1.807) is 0 Å². The van der Waals surface area contributed by atoms with Gasteiger partial charge in [0.15, 0.2) is 5.79 Å². The molecule has 0 aliphatic heterocycles. The summed E-state index contributed by atoms with van der Waals surface area (Å²) in [6.45, 7) is 7.65. The van der Waals surface area contributed by atoms with Crippen LogP contribution in [0.15, 0.2) is 54.6 Å². The normalized spacial score (nSPS) is 12.0. The van der Waals surface area contributed by atoms with Gasteiger partial charge in [0.2, 0.25) is 0 Å². The Morgan fingerprint density at radius 3 is 1.93 bits per heavy atom. The maximum absolute atomic E-state index is 6.27. The Bertz CT molecular complexity index is 714. The van der Waals surface area contributed by atoms with Crippen molar-refractivity contribution in [1.82, 2.24) is 0 Å². The molecule has 0 saturated heterocycles. The van der Waals surface area contributed by atoms with E-state index in [1.807, 2.05) is 6.07 Å². The van der Waals surface area contributed by atoms with Crippen molar-refractivity contribution < 1.29 is 9.47 Å². The molecule has 0 spiro atoms. The molecular formula is C28H40O2. The maximum atomic E-state index is 6.27. The summed E-state index contributed by atoms with van der Waals surface area (Å²) in [7, 11) is 0. The zero-order valence-corrected chi connectivity index (χ0v) is 19.2. The molecule has 0 radical (unpaired) electrons. The molecule has 2 aromatic carbocycles. The monoisotopic (exact) mass is 408 g/mol.